The van der Waals surface area contributed by atoms with Crippen molar-refractivity contribution in [2.24, 2.45) is 5.14 Å². The van der Waals surface area contributed by atoms with E-state index in [2.05, 4.69) is 0 Å². The van der Waals surface area contributed by atoms with Gasteiger partial charge in [-0.1, -0.05) is 17.7 Å². The molecule has 0 aromatic heterocycles. The second kappa shape index (κ2) is 4.87. The molecule has 1 amide bonds. The zero-order valence-electron chi connectivity index (χ0n) is 9.60. The normalized spacial score (nSPS) is 16.0. The molecule has 0 unspecified atom stereocenters. The molecule has 1 aliphatic heterocycles. The fourth-order valence-corrected chi connectivity index (χ4v) is 3.09. The van der Waals surface area contributed by atoms with Crippen LogP contribution in [0.25, 0.3) is 0 Å². The molecule has 1 aromatic rings. The van der Waals surface area contributed by atoms with Crippen LogP contribution < -0.4 is 5.14 Å². The molecule has 5 nitrogen and oxygen atoms in total. The Morgan fingerprint density at radius 2 is 1.89 bits per heavy atom. The molecule has 0 spiro atoms. The molecule has 0 bridgehead atoms. The highest BCUT2D eigenvalue weighted by molar-refractivity contribution is 7.89. The lowest BCUT2D eigenvalue weighted by Gasteiger charge is -2.17. The van der Waals surface area contributed by atoms with Crippen LogP contribution in [0.3, 0.4) is 0 Å². The largest absolute Gasteiger partial charge is 0.339 e. The predicted octanol–water partition coefficient (Wildman–Crippen LogP) is 1.22. The molecule has 2 rings (SSSR count). The lowest BCUT2D eigenvalue weighted by Crippen LogP contribution is -2.30. The van der Waals surface area contributed by atoms with Crippen LogP contribution in [0.4, 0.5) is 0 Å². The van der Waals surface area contributed by atoms with E-state index in [0.717, 1.165) is 12.8 Å². The van der Waals surface area contributed by atoms with Gasteiger partial charge in [0, 0.05) is 13.1 Å². The second-order valence-corrected chi connectivity index (χ2v) is 6.09. The Labute approximate surface area is 111 Å². The van der Waals surface area contributed by atoms with E-state index in [9.17, 15) is 13.2 Å². The van der Waals surface area contributed by atoms with Crippen molar-refractivity contribution >= 4 is 27.5 Å². The highest BCUT2D eigenvalue weighted by Crippen LogP contribution is 2.26. The summed E-state index contributed by atoms with van der Waals surface area (Å²) in [5, 5.41) is 5.22. The SMILES string of the molecule is NS(=O)(=O)c1cccc(Cl)c1C(=O)N1CCCC1. The van der Waals surface area contributed by atoms with Gasteiger partial charge >= 0.3 is 0 Å². The number of hydrogen-bond acceptors (Lipinski definition) is 3. The number of primary sulfonamides is 1. The van der Waals surface area contributed by atoms with Crippen molar-refractivity contribution < 1.29 is 13.2 Å². The molecule has 98 valence electrons. The Balaban J connectivity index is 2.52. The summed E-state index contributed by atoms with van der Waals surface area (Å²) in [6.07, 6.45) is 1.84. The third-order valence-corrected chi connectivity index (χ3v) is 4.16. The van der Waals surface area contributed by atoms with Crippen LogP contribution in [0, 0.1) is 0 Å². The minimum atomic E-state index is -3.96. The highest BCUT2D eigenvalue weighted by Gasteiger charge is 2.27. The van der Waals surface area contributed by atoms with Gasteiger partial charge in [0.15, 0.2) is 0 Å². The molecule has 0 radical (unpaired) electrons. The van der Waals surface area contributed by atoms with E-state index in [1.807, 2.05) is 0 Å². The highest BCUT2D eigenvalue weighted by atomic mass is 35.5. The van der Waals surface area contributed by atoms with Crippen LogP contribution >= 0.6 is 11.6 Å². The summed E-state index contributed by atoms with van der Waals surface area (Å²) >= 11 is 5.94. The van der Waals surface area contributed by atoms with Crippen molar-refractivity contribution in [3.05, 3.63) is 28.8 Å². The maximum atomic E-state index is 12.3. The average Bonchev–Trinajstić information content (AvgIpc) is 2.80. The van der Waals surface area contributed by atoms with Gasteiger partial charge in [-0.3, -0.25) is 4.79 Å². The number of sulfonamides is 1. The first-order chi connectivity index (χ1) is 8.41. The molecule has 1 aliphatic rings. The molecule has 2 N–H and O–H groups in total. The smallest absolute Gasteiger partial charge is 0.256 e. The summed E-state index contributed by atoms with van der Waals surface area (Å²) in [4.78, 5) is 13.6. The summed E-state index contributed by atoms with van der Waals surface area (Å²) in [6, 6.07) is 4.24. The summed E-state index contributed by atoms with van der Waals surface area (Å²) in [6.45, 7) is 1.24. The first-order valence-corrected chi connectivity index (χ1v) is 7.44. The predicted molar refractivity (Wildman–Crippen MR) is 68.0 cm³/mol. The van der Waals surface area contributed by atoms with Crippen molar-refractivity contribution in [3.8, 4) is 0 Å². The molecular weight excluding hydrogens is 276 g/mol. The van der Waals surface area contributed by atoms with E-state index >= 15 is 0 Å². The first-order valence-electron chi connectivity index (χ1n) is 5.52. The third-order valence-electron chi connectivity index (χ3n) is 2.89. The second-order valence-electron chi connectivity index (χ2n) is 4.16. The molecule has 1 saturated heterocycles. The molecule has 1 fully saturated rings. The van der Waals surface area contributed by atoms with E-state index in [0.29, 0.717) is 13.1 Å². The first kappa shape index (κ1) is 13.3. The number of nitrogens with two attached hydrogens (primary N) is 1. The van der Waals surface area contributed by atoms with Gasteiger partial charge in [0.25, 0.3) is 5.91 Å². The van der Waals surface area contributed by atoms with Gasteiger partial charge in [0.05, 0.1) is 15.5 Å². The summed E-state index contributed by atoms with van der Waals surface area (Å²) in [7, 11) is -3.96. The van der Waals surface area contributed by atoms with Gasteiger partial charge in [-0.05, 0) is 25.0 Å². The van der Waals surface area contributed by atoms with Crippen LogP contribution in [0.1, 0.15) is 23.2 Å². The van der Waals surface area contributed by atoms with Gasteiger partial charge in [0.1, 0.15) is 0 Å². The van der Waals surface area contributed by atoms with E-state index in [4.69, 9.17) is 16.7 Å². The van der Waals surface area contributed by atoms with Gasteiger partial charge in [0.2, 0.25) is 10.0 Å². The number of nitrogens with zero attached hydrogens (tertiary/aromatic N) is 1. The van der Waals surface area contributed by atoms with E-state index in [-0.39, 0.29) is 21.4 Å². The van der Waals surface area contributed by atoms with Gasteiger partial charge in [-0.15, -0.1) is 0 Å². The molecule has 1 aromatic carbocycles. The zero-order valence-corrected chi connectivity index (χ0v) is 11.2. The number of amides is 1. The van der Waals surface area contributed by atoms with Gasteiger partial charge in [-0.25, -0.2) is 13.6 Å². The molecule has 1 heterocycles. The molecule has 0 atom stereocenters. The Morgan fingerprint density at radius 3 is 2.44 bits per heavy atom. The van der Waals surface area contributed by atoms with Gasteiger partial charge < -0.3 is 4.90 Å². The number of carbonyl (C=O) groups excluding carboxylic acids is 1. The van der Waals surface area contributed by atoms with Crippen molar-refractivity contribution in [1.82, 2.24) is 4.90 Å². The maximum Gasteiger partial charge on any atom is 0.256 e. The fourth-order valence-electron chi connectivity index (χ4n) is 2.03. The number of rotatable bonds is 2. The third kappa shape index (κ3) is 2.50. The maximum absolute atomic E-state index is 12.3. The number of hydrogen-bond donors (Lipinski definition) is 1. The standard InChI is InChI=1S/C11H13ClN2O3S/c12-8-4-3-5-9(18(13,16)17)10(8)11(15)14-6-1-2-7-14/h3-5H,1-2,6-7H2,(H2,13,16,17). The lowest BCUT2D eigenvalue weighted by molar-refractivity contribution is 0.0789. The summed E-state index contributed by atoms with van der Waals surface area (Å²) in [5.41, 5.74) is -0.0245. The van der Waals surface area contributed by atoms with E-state index in [1.54, 1.807) is 4.90 Å². The Hall–Kier alpha value is -1.11. The monoisotopic (exact) mass is 288 g/mol. The quantitative estimate of drug-likeness (QED) is 0.888. The van der Waals surface area contributed by atoms with Crippen molar-refractivity contribution in [2.45, 2.75) is 17.7 Å². The molecular formula is C11H13ClN2O3S. The Morgan fingerprint density at radius 1 is 1.28 bits per heavy atom. The van der Waals surface area contributed by atoms with Crippen LogP contribution in [-0.2, 0) is 10.0 Å². The molecule has 18 heavy (non-hydrogen) atoms. The van der Waals surface area contributed by atoms with Gasteiger partial charge in [-0.2, -0.15) is 0 Å². The minimum Gasteiger partial charge on any atom is -0.339 e. The zero-order chi connectivity index (χ0) is 13.3. The molecule has 7 heteroatoms. The van der Waals surface area contributed by atoms with Crippen LogP contribution in [-0.4, -0.2) is 32.3 Å². The number of benzene rings is 1. The Kier molecular flexibility index (Phi) is 3.61. The summed E-state index contributed by atoms with van der Waals surface area (Å²) < 4.78 is 22.9. The Bertz CT molecular complexity index is 580. The average molecular weight is 289 g/mol. The minimum absolute atomic E-state index is 0.0245. The topological polar surface area (TPSA) is 80.5 Å². The number of carbonyl (C=O) groups is 1. The lowest BCUT2D eigenvalue weighted by atomic mass is 10.2. The van der Waals surface area contributed by atoms with Crippen molar-refractivity contribution in [2.75, 3.05) is 13.1 Å². The number of halogens is 1. The van der Waals surface area contributed by atoms with Crippen molar-refractivity contribution in [1.29, 1.82) is 0 Å². The molecule has 0 aliphatic carbocycles. The van der Waals surface area contributed by atoms with E-state index in [1.165, 1.54) is 18.2 Å². The van der Waals surface area contributed by atoms with Crippen LogP contribution in [0.5, 0.6) is 0 Å². The van der Waals surface area contributed by atoms with Crippen LogP contribution in [0.2, 0.25) is 5.02 Å². The van der Waals surface area contributed by atoms with E-state index < -0.39 is 10.0 Å². The van der Waals surface area contributed by atoms with Crippen LogP contribution in [0.15, 0.2) is 23.1 Å². The number of likely N-dealkylation sites (tertiary alicyclic amines) is 1. The summed E-state index contributed by atoms with van der Waals surface area (Å²) in [5.74, 6) is -0.373. The molecule has 0 saturated carbocycles. The fraction of sp³-hybridized carbons (Fsp3) is 0.364. The van der Waals surface area contributed by atoms with Crippen molar-refractivity contribution in [3.63, 3.8) is 0 Å².